The van der Waals surface area contributed by atoms with Crippen LogP contribution in [0.5, 0.6) is 0 Å². The second-order valence-electron chi connectivity index (χ2n) is 4.20. The summed E-state index contributed by atoms with van der Waals surface area (Å²) < 4.78 is 26.6. The van der Waals surface area contributed by atoms with Gasteiger partial charge in [0.05, 0.1) is 5.75 Å². The van der Waals surface area contributed by atoms with Gasteiger partial charge in [-0.1, -0.05) is 0 Å². The van der Waals surface area contributed by atoms with Crippen LogP contribution >= 0.6 is 11.8 Å². The Morgan fingerprint density at radius 3 is 2.75 bits per heavy atom. The monoisotopic (exact) mass is 295 g/mol. The minimum atomic E-state index is -0.451. The van der Waals surface area contributed by atoms with Gasteiger partial charge in [0.1, 0.15) is 23.3 Å². The minimum absolute atomic E-state index is 0.264. The molecule has 6 heteroatoms. The molecule has 0 aliphatic carbocycles. The molecular weight excluding hydrogens is 280 g/mol. The third-order valence-corrected chi connectivity index (χ3v) is 3.53. The Kier molecular flexibility index (Phi) is 4.89. The lowest BCUT2D eigenvalue weighted by molar-refractivity contribution is 0.577. The molecule has 106 valence electrons. The third kappa shape index (κ3) is 3.90. The number of aryl methyl sites for hydroxylation is 1. The highest BCUT2D eigenvalue weighted by molar-refractivity contribution is 7.98. The largest absolute Gasteiger partial charge is 0.370 e. The van der Waals surface area contributed by atoms with E-state index in [1.54, 1.807) is 0 Å². The molecule has 1 aromatic carbocycles. The fourth-order valence-corrected chi connectivity index (χ4v) is 2.51. The Morgan fingerprint density at radius 1 is 1.20 bits per heavy atom. The Morgan fingerprint density at radius 2 is 2.00 bits per heavy atom. The standard InChI is InChI=1S/C14H15F2N3S/c1-3-17-13-6-9(2)18-14(19-13)8-20-12-7-10(15)4-5-11(12)16/h4-7H,3,8H2,1-2H3,(H,17,18,19). The summed E-state index contributed by atoms with van der Waals surface area (Å²) in [5.41, 5.74) is 0.839. The fourth-order valence-electron chi connectivity index (χ4n) is 1.70. The topological polar surface area (TPSA) is 37.8 Å². The normalized spacial score (nSPS) is 10.6. The molecule has 0 fully saturated rings. The quantitative estimate of drug-likeness (QED) is 0.852. The molecule has 1 heterocycles. The molecule has 0 saturated heterocycles. The molecule has 1 aromatic heterocycles. The first-order chi connectivity index (χ1) is 9.58. The van der Waals surface area contributed by atoms with Gasteiger partial charge in [0.15, 0.2) is 0 Å². The van der Waals surface area contributed by atoms with Crippen molar-refractivity contribution >= 4 is 17.6 Å². The molecule has 2 rings (SSSR count). The molecule has 0 unspecified atom stereocenters. The van der Waals surface area contributed by atoms with Crippen molar-refractivity contribution in [2.24, 2.45) is 0 Å². The van der Waals surface area contributed by atoms with Gasteiger partial charge in [0, 0.05) is 23.2 Å². The first-order valence-electron chi connectivity index (χ1n) is 6.24. The molecular formula is C14H15F2N3S. The van der Waals surface area contributed by atoms with E-state index in [4.69, 9.17) is 0 Å². The summed E-state index contributed by atoms with van der Waals surface area (Å²) in [6.07, 6.45) is 0. The molecule has 0 saturated carbocycles. The zero-order chi connectivity index (χ0) is 14.5. The summed E-state index contributed by atoms with van der Waals surface area (Å²) in [5.74, 6) is 0.841. The maximum Gasteiger partial charge on any atom is 0.141 e. The van der Waals surface area contributed by atoms with E-state index in [2.05, 4.69) is 15.3 Å². The Bertz CT molecular complexity index is 605. The van der Waals surface area contributed by atoms with Crippen molar-refractivity contribution in [2.75, 3.05) is 11.9 Å². The van der Waals surface area contributed by atoms with Gasteiger partial charge in [-0.3, -0.25) is 0 Å². The van der Waals surface area contributed by atoms with Crippen LogP contribution in [0.4, 0.5) is 14.6 Å². The van der Waals surface area contributed by atoms with Gasteiger partial charge in [-0.15, -0.1) is 11.8 Å². The van der Waals surface area contributed by atoms with Gasteiger partial charge in [-0.25, -0.2) is 18.7 Å². The molecule has 2 aromatic rings. The average molecular weight is 295 g/mol. The van der Waals surface area contributed by atoms with Gasteiger partial charge in [-0.05, 0) is 32.0 Å². The van der Waals surface area contributed by atoms with E-state index < -0.39 is 11.6 Å². The van der Waals surface area contributed by atoms with Crippen LogP contribution in [-0.2, 0) is 5.75 Å². The van der Waals surface area contributed by atoms with Crippen molar-refractivity contribution in [2.45, 2.75) is 24.5 Å². The van der Waals surface area contributed by atoms with E-state index in [9.17, 15) is 8.78 Å². The zero-order valence-electron chi connectivity index (χ0n) is 11.3. The predicted molar refractivity (Wildman–Crippen MR) is 76.9 cm³/mol. The van der Waals surface area contributed by atoms with E-state index >= 15 is 0 Å². The molecule has 1 N–H and O–H groups in total. The van der Waals surface area contributed by atoms with Crippen molar-refractivity contribution < 1.29 is 8.78 Å². The summed E-state index contributed by atoms with van der Waals surface area (Å²) in [4.78, 5) is 8.89. The number of aromatic nitrogens is 2. The summed E-state index contributed by atoms with van der Waals surface area (Å²) in [5, 5.41) is 3.11. The molecule has 3 nitrogen and oxygen atoms in total. The minimum Gasteiger partial charge on any atom is -0.370 e. The summed E-state index contributed by atoms with van der Waals surface area (Å²) in [6, 6.07) is 5.26. The molecule has 0 radical (unpaired) electrons. The van der Waals surface area contributed by atoms with E-state index in [0.717, 1.165) is 30.2 Å². The lowest BCUT2D eigenvalue weighted by atomic mass is 10.3. The number of benzene rings is 1. The number of hydrogen-bond acceptors (Lipinski definition) is 4. The van der Waals surface area contributed by atoms with Crippen molar-refractivity contribution in [3.05, 3.63) is 47.4 Å². The number of thioether (sulfide) groups is 1. The fraction of sp³-hybridized carbons (Fsp3) is 0.286. The van der Waals surface area contributed by atoms with Gasteiger partial charge in [-0.2, -0.15) is 0 Å². The molecule has 20 heavy (non-hydrogen) atoms. The van der Waals surface area contributed by atoms with Crippen molar-refractivity contribution in [3.63, 3.8) is 0 Å². The molecule has 0 spiro atoms. The smallest absolute Gasteiger partial charge is 0.141 e. The maximum atomic E-state index is 13.5. The molecule has 0 atom stereocenters. The Balaban J connectivity index is 2.12. The number of anilines is 1. The van der Waals surface area contributed by atoms with Crippen LogP contribution in [0.15, 0.2) is 29.2 Å². The molecule has 0 bridgehead atoms. The van der Waals surface area contributed by atoms with E-state index in [-0.39, 0.29) is 4.90 Å². The van der Waals surface area contributed by atoms with Gasteiger partial charge < -0.3 is 5.32 Å². The van der Waals surface area contributed by atoms with Crippen LogP contribution in [-0.4, -0.2) is 16.5 Å². The van der Waals surface area contributed by atoms with E-state index in [1.807, 2.05) is 19.9 Å². The van der Waals surface area contributed by atoms with Gasteiger partial charge in [0.2, 0.25) is 0 Å². The number of rotatable bonds is 5. The molecule has 0 aliphatic heterocycles. The summed E-state index contributed by atoms with van der Waals surface area (Å²) in [7, 11) is 0. The number of nitrogens with zero attached hydrogens (tertiary/aromatic N) is 2. The van der Waals surface area contributed by atoms with Crippen molar-refractivity contribution in [3.8, 4) is 0 Å². The highest BCUT2D eigenvalue weighted by Crippen LogP contribution is 2.25. The summed E-state index contributed by atoms with van der Waals surface area (Å²) in [6.45, 7) is 4.62. The third-order valence-electron chi connectivity index (χ3n) is 2.51. The average Bonchev–Trinajstić information content (AvgIpc) is 2.40. The summed E-state index contributed by atoms with van der Waals surface area (Å²) >= 11 is 1.18. The van der Waals surface area contributed by atoms with Crippen LogP contribution in [0, 0.1) is 18.6 Å². The lowest BCUT2D eigenvalue weighted by Crippen LogP contribution is -2.04. The molecule has 0 amide bonds. The first-order valence-corrected chi connectivity index (χ1v) is 7.23. The van der Waals surface area contributed by atoms with Crippen molar-refractivity contribution in [1.82, 2.24) is 9.97 Å². The predicted octanol–water partition coefficient (Wildman–Crippen LogP) is 3.79. The van der Waals surface area contributed by atoms with Crippen molar-refractivity contribution in [1.29, 1.82) is 0 Å². The highest BCUT2D eigenvalue weighted by atomic mass is 32.2. The SMILES string of the molecule is CCNc1cc(C)nc(CSc2cc(F)ccc2F)n1. The van der Waals surface area contributed by atoms with Crippen LogP contribution in [0.25, 0.3) is 0 Å². The zero-order valence-corrected chi connectivity index (χ0v) is 12.1. The maximum absolute atomic E-state index is 13.5. The number of nitrogens with one attached hydrogen (secondary N) is 1. The van der Waals surface area contributed by atoms with E-state index in [0.29, 0.717) is 11.6 Å². The van der Waals surface area contributed by atoms with E-state index in [1.165, 1.54) is 17.8 Å². The first kappa shape index (κ1) is 14.7. The Hall–Kier alpha value is -1.69. The lowest BCUT2D eigenvalue weighted by Gasteiger charge is -2.07. The van der Waals surface area contributed by atoms with Crippen LogP contribution < -0.4 is 5.32 Å². The number of hydrogen-bond donors (Lipinski definition) is 1. The Labute approximate surface area is 120 Å². The van der Waals surface area contributed by atoms with Gasteiger partial charge >= 0.3 is 0 Å². The second-order valence-corrected chi connectivity index (χ2v) is 5.22. The van der Waals surface area contributed by atoms with Crippen LogP contribution in [0.2, 0.25) is 0 Å². The van der Waals surface area contributed by atoms with Crippen LogP contribution in [0.3, 0.4) is 0 Å². The van der Waals surface area contributed by atoms with Crippen LogP contribution in [0.1, 0.15) is 18.4 Å². The second kappa shape index (κ2) is 6.65. The molecule has 0 aliphatic rings. The highest BCUT2D eigenvalue weighted by Gasteiger charge is 2.07. The van der Waals surface area contributed by atoms with Gasteiger partial charge in [0.25, 0.3) is 0 Å². The number of halogens is 2.